The molecule has 0 aromatic heterocycles. The van der Waals surface area contributed by atoms with Gasteiger partial charge in [-0.3, -0.25) is 4.79 Å². The first-order valence-electron chi connectivity index (χ1n) is 6.16. The molecule has 0 aliphatic carbocycles. The number of amides is 1. The Morgan fingerprint density at radius 2 is 1.95 bits per heavy atom. The van der Waals surface area contributed by atoms with Crippen molar-refractivity contribution in [2.75, 3.05) is 25.4 Å². The van der Waals surface area contributed by atoms with Gasteiger partial charge in [0.25, 0.3) is 0 Å². The number of carbonyl (C=O) groups is 1. The van der Waals surface area contributed by atoms with E-state index in [9.17, 15) is 22.4 Å². The average Bonchev–Trinajstić information content (AvgIpc) is 2.39. The third-order valence-electron chi connectivity index (χ3n) is 2.50. The molecule has 1 aromatic carbocycles. The number of nitrogens with zero attached hydrogens (tertiary/aromatic N) is 1. The maximum absolute atomic E-state index is 13.3. The van der Waals surface area contributed by atoms with E-state index >= 15 is 0 Å². The summed E-state index contributed by atoms with van der Waals surface area (Å²) in [7, 11) is 0. The van der Waals surface area contributed by atoms with Crippen molar-refractivity contribution in [3.63, 3.8) is 0 Å². The lowest BCUT2D eigenvalue weighted by atomic mass is 10.3. The number of halogens is 4. The minimum absolute atomic E-state index is 0.158. The molecule has 0 unspecified atom stereocenters. The number of alkyl halides is 3. The van der Waals surface area contributed by atoms with Gasteiger partial charge in [0.15, 0.2) is 0 Å². The van der Waals surface area contributed by atoms with Crippen molar-refractivity contribution in [1.82, 2.24) is 4.90 Å². The average molecular weight is 325 g/mol. The van der Waals surface area contributed by atoms with Gasteiger partial charge >= 0.3 is 6.18 Å². The molecule has 1 aromatic rings. The molecule has 118 valence electrons. The summed E-state index contributed by atoms with van der Waals surface area (Å²) < 4.78 is 50.2. The van der Waals surface area contributed by atoms with Crippen LogP contribution in [0.3, 0.4) is 0 Å². The van der Waals surface area contributed by atoms with Gasteiger partial charge in [-0.25, -0.2) is 4.39 Å². The highest BCUT2D eigenvalue weighted by atomic mass is 32.2. The number of benzene rings is 1. The smallest absolute Gasteiger partial charge is 0.395 e. The number of hydrogen-bond donors (Lipinski definition) is 1. The van der Waals surface area contributed by atoms with Crippen LogP contribution in [0.15, 0.2) is 29.2 Å². The molecule has 1 amide bonds. The van der Waals surface area contributed by atoms with Crippen LogP contribution < -0.4 is 0 Å². The first kappa shape index (κ1) is 17.8. The summed E-state index contributed by atoms with van der Waals surface area (Å²) in [6.07, 6.45) is -4.67. The molecule has 8 heteroatoms. The number of aliphatic hydroxyl groups excluding tert-OH is 1. The fraction of sp³-hybridized carbons (Fsp3) is 0.462. The van der Waals surface area contributed by atoms with Crippen LogP contribution in [-0.2, 0) is 4.79 Å². The molecular weight excluding hydrogens is 310 g/mol. The number of aliphatic hydroxyl groups is 1. The van der Waals surface area contributed by atoms with E-state index in [4.69, 9.17) is 5.11 Å². The van der Waals surface area contributed by atoms with Crippen LogP contribution in [0.4, 0.5) is 17.6 Å². The lowest BCUT2D eigenvalue weighted by Crippen LogP contribution is -2.40. The molecule has 0 saturated heterocycles. The maximum Gasteiger partial charge on any atom is 0.406 e. The molecule has 0 aliphatic rings. The zero-order chi connectivity index (χ0) is 15.9. The second-order valence-electron chi connectivity index (χ2n) is 4.18. The van der Waals surface area contributed by atoms with Crippen LogP contribution in [0.25, 0.3) is 0 Å². The summed E-state index contributed by atoms with van der Waals surface area (Å²) in [4.78, 5) is 12.6. The molecule has 0 radical (unpaired) electrons. The van der Waals surface area contributed by atoms with Gasteiger partial charge in [-0.1, -0.05) is 12.1 Å². The fourth-order valence-corrected chi connectivity index (χ4v) is 2.47. The van der Waals surface area contributed by atoms with Gasteiger partial charge in [0.2, 0.25) is 5.91 Å². The quantitative estimate of drug-likeness (QED) is 0.619. The summed E-state index contributed by atoms with van der Waals surface area (Å²) >= 11 is 1.06. The molecule has 0 saturated carbocycles. The van der Waals surface area contributed by atoms with Crippen LogP contribution >= 0.6 is 11.8 Å². The van der Waals surface area contributed by atoms with Crippen LogP contribution in [0, 0.1) is 5.82 Å². The largest absolute Gasteiger partial charge is 0.406 e. The highest BCUT2D eigenvalue weighted by Crippen LogP contribution is 2.22. The van der Waals surface area contributed by atoms with Crippen molar-refractivity contribution in [3.8, 4) is 0 Å². The molecule has 0 spiro atoms. The van der Waals surface area contributed by atoms with Crippen molar-refractivity contribution in [2.45, 2.75) is 17.5 Å². The lowest BCUT2D eigenvalue weighted by Gasteiger charge is -2.23. The Balaban J connectivity index is 2.48. The molecule has 0 atom stereocenters. The van der Waals surface area contributed by atoms with Crippen LogP contribution in [0.2, 0.25) is 0 Å². The van der Waals surface area contributed by atoms with Crippen LogP contribution in [0.1, 0.15) is 6.42 Å². The normalized spacial score (nSPS) is 11.5. The highest BCUT2D eigenvalue weighted by Gasteiger charge is 2.32. The minimum atomic E-state index is -4.51. The van der Waals surface area contributed by atoms with Gasteiger partial charge in [0.05, 0.1) is 6.61 Å². The minimum Gasteiger partial charge on any atom is -0.395 e. The van der Waals surface area contributed by atoms with Crippen LogP contribution in [-0.4, -0.2) is 47.5 Å². The molecule has 3 nitrogen and oxygen atoms in total. The fourth-order valence-electron chi connectivity index (χ4n) is 1.60. The zero-order valence-electron chi connectivity index (χ0n) is 11.1. The summed E-state index contributed by atoms with van der Waals surface area (Å²) in [6, 6.07) is 5.96. The summed E-state index contributed by atoms with van der Waals surface area (Å²) in [5.74, 6) is -0.984. The Labute approximate surface area is 123 Å². The van der Waals surface area contributed by atoms with E-state index in [1.54, 1.807) is 6.07 Å². The standard InChI is InChI=1S/C13H15F4NO2S/c14-10-3-1-2-4-11(10)21-8-5-12(20)18(6-7-19)9-13(15,16)17/h1-4,19H,5-9H2. The molecule has 0 aliphatic heterocycles. The highest BCUT2D eigenvalue weighted by molar-refractivity contribution is 7.99. The molecule has 21 heavy (non-hydrogen) atoms. The Bertz CT molecular complexity index is 468. The first-order chi connectivity index (χ1) is 9.83. The second-order valence-corrected chi connectivity index (χ2v) is 5.32. The molecule has 1 N–H and O–H groups in total. The maximum atomic E-state index is 13.3. The topological polar surface area (TPSA) is 40.5 Å². The predicted molar refractivity (Wildman–Crippen MR) is 71.5 cm³/mol. The van der Waals surface area contributed by atoms with Crippen molar-refractivity contribution in [2.24, 2.45) is 0 Å². The molecule has 0 heterocycles. The van der Waals surface area contributed by atoms with E-state index in [-0.39, 0.29) is 18.7 Å². The third kappa shape index (κ3) is 6.81. The first-order valence-corrected chi connectivity index (χ1v) is 7.15. The summed E-state index contributed by atoms with van der Waals surface area (Å²) in [6.45, 7) is -2.30. The Morgan fingerprint density at radius 1 is 1.29 bits per heavy atom. The van der Waals surface area contributed by atoms with Gasteiger partial charge in [-0.2, -0.15) is 13.2 Å². The lowest BCUT2D eigenvalue weighted by molar-refractivity contribution is -0.161. The molecule has 1 rings (SSSR count). The molecular formula is C13H15F4NO2S. The number of hydrogen-bond acceptors (Lipinski definition) is 3. The number of thioether (sulfide) groups is 1. The number of carbonyl (C=O) groups excluding carboxylic acids is 1. The van der Waals surface area contributed by atoms with Gasteiger partial charge in [-0.15, -0.1) is 11.8 Å². The van der Waals surface area contributed by atoms with E-state index in [1.165, 1.54) is 18.2 Å². The van der Waals surface area contributed by atoms with E-state index in [1.807, 2.05) is 0 Å². The summed E-state index contributed by atoms with van der Waals surface area (Å²) in [5, 5.41) is 8.71. The van der Waals surface area contributed by atoms with Crippen molar-refractivity contribution in [3.05, 3.63) is 30.1 Å². The Morgan fingerprint density at radius 3 is 2.52 bits per heavy atom. The van der Waals surface area contributed by atoms with Gasteiger partial charge in [0.1, 0.15) is 12.4 Å². The zero-order valence-corrected chi connectivity index (χ0v) is 11.9. The molecule has 0 fully saturated rings. The number of rotatable bonds is 7. The Hall–Kier alpha value is -1.28. The van der Waals surface area contributed by atoms with Crippen molar-refractivity contribution in [1.29, 1.82) is 0 Å². The predicted octanol–water partition coefficient (Wildman–Crippen LogP) is 2.69. The van der Waals surface area contributed by atoms with E-state index in [0.717, 1.165) is 11.8 Å². The van der Waals surface area contributed by atoms with E-state index in [2.05, 4.69) is 0 Å². The monoisotopic (exact) mass is 325 g/mol. The second kappa shape index (κ2) is 8.23. The van der Waals surface area contributed by atoms with Crippen molar-refractivity contribution >= 4 is 17.7 Å². The molecule has 0 bridgehead atoms. The van der Waals surface area contributed by atoms with Gasteiger partial charge in [0, 0.05) is 23.6 Å². The van der Waals surface area contributed by atoms with E-state index in [0.29, 0.717) is 9.80 Å². The van der Waals surface area contributed by atoms with Crippen LogP contribution in [0.5, 0.6) is 0 Å². The van der Waals surface area contributed by atoms with Crippen molar-refractivity contribution < 1.29 is 27.5 Å². The summed E-state index contributed by atoms with van der Waals surface area (Å²) in [5.41, 5.74) is 0. The third-order valence-corrected chi connectivity index (χ3v) is 3.55. The van der Waals surface area contributed by atoms with Gasteiger partial charge < -0.3 is 10.0 Å². The van der Waals surface area contributed by atoms with E-state index < -0.39 is 31.1 Å². The SMILES string of the molecule is O=C(CCSc1ccccc1F)N(CCO)CC(F)(F)F. The Kier molecular flexibility index (Phi) is 6.97. The van der Waals surface area contributed by atoms with Gasteiger partial charge in [-0.05, 0) is 12.1 Å².